The molecule has 0 radical (unpaired) electrons. The molecule has 0 saturated heterocycles. The van der Waals surface area contributed by atoms with Crippen LogP contribution in [0.5, 0.6) is 0 Å². The summed E-state index contributed by atoms with van der Waals surface area (Å²) in [6.07, 6.45) is 4.85. The smallest absolute Gasteiger partial charge is 0.222 e. The zero-order chi connectivity index (χ0) is 9.68. The van der Waals surface area contributed by atoms with Crippen LogP contribution in [-0.4, -0.2) is 15.9 Å². The summed E-state index contributed by atoms with van der Waals surface area (Å²) in [5.41, 5.74) is 0.775. The van der Waals surface area contributed by atoms with Crippen molar-refractivity contribution in [2.24, 2.45) is 5.92 Å². The number of amides is 1. The van der Waals surface area contributed by atoms with Gasteiger partial charge in [-0.3, -0.25) is 14.8 Å². The Morgan fingerprint density at radius 2 is 2.31 bits per heavy atom. The Bertz CT molecular complexity index is 271. The average Bonchev–Trinajstić information content (AvgIpc) is 2.15. The molecule has 0 aromatic carbocycles. The molecule has 13 heavy (non-hydrogen) atoms. The summed E-state index contributed by atoms with van der Waals surface area (Å²) in [6, 6.07) is 0. The highest BCUT2D eigenvalue weighted by Gasteiger charge is 2.05. The van der Waals surface area contributed by atoms with Crippen molar-refractivity contribution in [3.8, 4) is 0 Å². The van der Waals surface area contributed by atoms with Crippen molar-refractivity contribution in [1.82, 2.24) is 15.3 Å². The molecule has 1 heterocycles. The number of aromatic nitrogens is 2. The summed E-state index contributed by atoms with van der Waals surface area (Å²) >= 11 is 0. The Balaban J connectivity index is 2.40. The van der Waals surface area contributed by atoms with Crippen LogP contribution in [0.1, 0.15) is 19.5 Å². The molecule has 0 saturated carbocycles. The van der Waals surface area contributed by atoms with Gasteiger partial charge in [-0.15, -0.1) is 0 Å². The molecule has 1 amide bonds. The number of nitrogens with zero attached hydrogens (tertiary/aromatic N) is 2. The molecule has 4 nitrogen and oxygen atoms in total. The second-order valence-electron chi connectivity index (χ2n) is 3.07. The predicted octanol–water partition coefficient (Wildman–Crippen LogP) is 0.749. The topological polar surface area (TPSA) is 54.9 Å². The van der Waals surface area contributed by atoms with Gasteiger partial charge in [0.25, 0.3) is 0 Å². The molecule has 0 atom stereocenters. The van der Waals surface area contributed by atoms with Crippen molar-refractivity contribution in [3.05, 3.63) is 24.3 Å². The van der Waals surface area contributed by atoms with Crippen LogP contribution in [0.2, 0.25) is 0 Å². The lowest BCUT2D eigenvalue weighted by Gasteiger charge is -2.05. The van der Waals surface area contributed by atoms with Gasteiger partial charge in [-0.05, 0) is 0 Å². The molecule has 1 N–H and O–H groups in total. The number of nitrogens with one attached hydrogen (secondary N) is 1. The number of hydrogen-bond donors (Lipinski definition) is 1. The van der Waals surface area contributed by atoms with Gasteiger partial charge in [0.2, 0.25) is 5.91 Å². The van der Waals surface area contributed by atoms with Gasteiger partial charge in [-0.2, -0.15) is 0 Å². The van der Waals surface area contributed by atoms with Gasteiger partial charge in [0.05, 0.1) is 18.4 Å². The largest absolute Gasteiger partial charge is 0.350 e. The maximum atomic E-state index is 11.2. The second kappa shape index (κ2) is 4.54. The average molecular weight is 179 g/mol. The first-order valence-corrected chi connectivity index (χ1v) is 4.22. The van der Waals surface area contributed by atoms with Crippen LogP contribution in [0.25, 0.3) is 0 Å². The Labute approximate surface area is 77.4 Å². The minimum absolute atomic E-state index is 0.0108. The molecule has 0 aliphatic carbocycles. The molecule has 0 spiro atoms. The molecule has 0 aliphatic rings. The minimum Gasteiger partial charge on any atom is -0.350 e. The molecule has 0 unspecified atom stereocenters. The Morgan fingerprint density at radius 3 is 2.85 bits per heavy atom. The molecule has 0 bridgehead atoms. The van der Waals surface area contributed by atoms with E-state index in [1.165, 1.54) is 0 Å². The number of carbonyl (C=O) groups excluding carboxylic acids is 1. The third-order valence-electron chi connectivity index (χ3n) is 1.58. The molecule has 0 aliphatic heterocycles. The van der Waals surface area contributed by atoms with Gasteiger partial charge in [0, 0.05) is 18.3 Å². The van der Waals surface area contributed by atoms with Crippen molar-refractivity contribution < 1.29 is 4.79 Å². The highest BCUT2D eigenvalue weighted by Crippen LogP contribution is 1.93. The summed E-state index contributed by atoms with van der Waals surface area (Å²) < 4.78 is 0. The fourth-order valence-electron chi connectivity index (χ4n) is 0.803. The van der Waals surface area contributed by atoms with E-state index >= 15 is 0 Å². The molecule has 1 aromatic heterocycles. The van der Waals surface area contributed by atoms with Crippen LogP contribution in [0, 0.1) is 5.92 Å². The first-order valence-electron chi connectivity index (χ1n) is 4.22. The zero-order valence-corrected chi connectivity index (χ0v) is 7.82. The van der Waals surface area contributed by atoms with E-state index < -0.39 is 0 Å². The van der Waals surface area contributed by atoms with Gasteiger partial charge in [0.1, 0.15) is 0 Å². The first-order chi connectivity index (χ1) is 6.20. The second-order valence-corrected chi connectivity index (χ2v) is 3.07. The highest BCUT2D eigenvalue weighted by atomic mass is 16.1. The summed E-state index contributed by atoms with van der Waals surface area (Å²) in [6.45, 7) is 4.16. The van der Waals surface area contributed by atoms with Crippen LogP contribution in [0.15, 0.2) is 18.6 Å². The van der Waals surface area contributed by atoms with E-state index in [0.717, 1.165) is 5.69 Å². The Hall–Kier alpha value is -1.45. The van der Waals surface area contributed by atoms with Crippen molar-refractivity contribution in [1.29, 1.82) is 0 Å². The molecule has 70 valence electrons. The van der Waals surface area contributed by atoms with Gasteiger partial charge in [-0.1, -0.05) is 13.8 Å². The van der Waals surface area contributed by atoms with Crippen LogP contribution in [0.3, 0.4) is 0 Å². The van der Waals surface area contributed by atoms with Crippen molar-refractivity contribution >= 4 is 5.91 Å². The van der Waals surface area contributed by atoms with Crippen LogP contribution >= 0.6 is 0 Å². The Morgan fingerprint density at radius 1 is 1.54 bits per heavy atom. The summed E-state index contributed by atoms with van der Waals surface area (Å²) in [4.78, 5) is 19.1. The monoisotopic (exact) mass is 179 g/mol. The molecule has 4 heteroatoms. The van der Waals surface area contributed by atoms with Crippen molar-refractivity contribution in [2.75, 3.05) is 0 Å². The molecule has 1 rings (SSSR count). The van der Waals surface area contributed by atoms with E-state index in [1.807, 2.05) is 13.8 Å². The van der Waals surface area contributed by atoms with E-state index in [1.54, 1.807) is 18.6 Å². The van der Waals surface area contributed by atoms with Crippen LogP contribution in [-0.2, 0) is 11.3 Å². The lowest BCUT2D eigenvalue weighted by atomic mass is 10.2. The Kier molecular flexibility index (Phi) is 3.37. The first kappa shape index (κ1) is 9.64. The molecular weight excluding hydrogens is 166 g/mol. The van der Waals surface area contributed by atoms with Gasteiger partial charge in [-0.25, -0.2) is 0 Å². The summed E-state index contributed by atoms with van der Waals surface area (Å²) in [7, 11) is 0. The maximum absolute atomic E-state index is 11.2. The fraction of sp³-hybridized carbons (Fsp3) is 0.444. The standard InChI is InChI=1S/C9H13N3O/c1-7(2)9(13)12-6-8-5-10-3-4-11-8/h3-5,7H,6H2,1-2H3,(H,12,13). The van der Waals surface area contributed by atoms with E-state index in [2.05, 4.69) is 15.3 Å². The van der Waals surface area contributed by atoms with Gasteiger partial charge >= 0.3 is 0 Å². The SMILES string of the molecule is CC(C)C(=O)NCc1cnccn1. The minimum atomic E-state index is 0.0108. The zero-order valence-electron chi connectivity index (χ0n) is 7.82. The fourth-order valence-corrected chi connectivity index (χ4v) is 0.803. The van der Waals surface area contributed by atoms with Crippen molar-refractivity contribution in [3.63, 3.8) is 0 Å². The summed E-state index contributed by atoms with van der Waals surface area (Å²) in [5, 5.41) is 2.76. The quantitative estimate of drug-likeness (QED) is 0.744. The van der Waals surface area contributed by atoms with Crippen LogP contribution in [0.4, 0.5) is 0 Å². The lowest BCUT2D eigenvalue weighted by Crippen LogP contribution is -2.27. The maximum Gasteiger partial charge on any atom is 0.222 e. The van der Waals surface area contributed by atoms with E-state index in [4.69, 9.17) is 0 Å². The third-order valence-corrected chi connectivity index (χ3v) is 1.58. The van der Waals surface area contributed by atoms with Gasteiger partial charge < -0.3 is 5.32 Å². The van der Waals surface area contributed by atoms with Gasteiger partial charge in [0.15, 0.2) is 0 Å². The van der Waals surface area contributed by atoms with E-state index in [-0.39, 0.29) is 11.8 Å². The molecular formula is C9H13N3O. The number of carbonyl (C=O) groups is 1. The van der Waals surface area contributed by atoms with Crippen LogP contribution < -0.4 is 5.32 Å². The third kappa shape index (κ3) is 3.19. The summed E-state index contributed by atoms with van der Waals surface area (Å²) in [5.74, 6) is 0.0438. The number of rotatable bonds is 3. The van der Waals surface area contributed by atoms with E-state index in [0.29, 0.717) is 6.54 Å². The van der Waals surface area contributed by atoms with E-state index in [9.17, 15) is 4.79 Å². The number of hydrogen-bond acceptors (Lipinski definition) is 3. The predicted molar refractivity (Wildman–Crippen MR) is 48.7 cm³/mol. The molecule has 0 fully saturated rings. The van der Waals surface area contributed by atoms with Crippen molar-refractivity contribution in [2.45, 2.75) is 20.4 Å². The normalized spacial score (nSPS) is 10.1. The highest BCUT2D eigenvalue weighted by molar-refractivity contribution is 5.77. The molecule has 1 aromatic rings. The lowest BCUT2D eigenvalue weighted by molar-refractivity contribution is -0.124.